The molecule has 0 aliphatic carbocycles. The van der Waals surface area contributed by atoms with Crippen LogP contribution in [0.5, 0.6) is 0 Å². The lowest BCUT2D eigenvalue weighted by Gasteiger charge is -2.07. The number of hydrogen-bond donors (Lipinski definition) is 1. The Balaban J connectivity index is 1.75. The predicted molar refractivity (Wildman–Crippen MR) is 98.9 cm³/mol. The minimum Gasteiger partial charge on any atom is -0.369 e. The van der Waals surface area contributed by atoms with Crippen molar-refractivity contribution in [3.05, 3.63) is 95.6 Å². The van der Waals surface area contributed by atoms with E-state index >= 15 is 0 Å². The summed E-state index contributed by atoms with van der Waals surface area (Å²) in [6, 6.07) is 27.1. The molecule has 0 amide bonds. The van der Waals surface area contributed by atoms with Crippen molar-refractivity contribution in [2.75, 3.05) is 5.73 Å². The molecule has 0 saturated carbocycles. The molecule has 4 rings (SSSR count). The molecule has 0 atom stereocenters. The first kappa shape index (κ1) is 14.5. The van der Waals surface area contributed by atoms with Gasteiger partial charge in [0.15, 0.2) is 0 Å². The van der Waals surface area contributed by atoms with Gasteiger partial charge in [0.2, 0.25) is 5.95 Å². The third kappa shape index (κ3) is 2.76. The summed E-state index contributed by atoms with van der Waals surface area (Å²) in [7, 11) is 0. The van der Waals surface area contributed by atoms with E-state index in [2.05, 4.69) is 64.1 Å². The van der Waals surface area contributed by atoms with Gasteiger partial charge in [-0.2, -0.15) is 0 Å². The van der Waals surface area contributed by atoms with E-state index in [4.69, 9.17) is 5.73 Å². The number of hydrogen-bond acceptors (Lipinski definition) is 2. The average Bonchev–Trinajstić information content (AvgIpc) is 2.94. The van der Waals surface area contributed by atoms with Crippen molar-refractivity contribution in [3.63, 3.8) is 0 Å². The summed E-state index contributed by atoms with van der Waals surface area (Å²) in [6.07, 6.45) is 0.861. The molecular formula is C21H19N3. The smallest absolute Gasteiger partial charge is 0.201 e. The molecule has 3 aromatic carbocycles. The van der Waals surface area contributed by atoms with Crippen molar-refractivity contribution in [2.45, 2.75) is 13.0 Å². The maximum Gasteiger partial charge on any atom is 0.201 e. The molecule has 0 aliphatic rings. The fourth-order valence-corrected chi connectivity index (χ4v) is 3.11. The molecule has 0 radical (unpaired) electrons. The SMILES string of the molecule is Nc1nc2c(Cc3ccccc3)cccc2n1Cc1ccccc1. The van der Waals surface area contributed by atoms with Crippen LogP contribution >= 0.6 is 0 Å². The number of imidazole rings is 1. The van der Waals surface area contributed by atoms with Gasteiger partial charge < -0.3 is 10.3 Å². The lowest BCUT2D eigenvalue weighted by atomic mass is 10.0. The zero-order valence-corrected chi connectivity index (χ0v) is 13.4. The summed E-state index contributed by atoms with van der Waals surface area (Å²) >= 11 is 0. The van der Waals surface area contributed by atoms with Crippen molar-refractivity contribution in [2.24, 2.45) is 0 Å². The number of aromatic nitrogens is 2. The van der Waals surface area contributed by atoms with E-state index in [0.717, 1.165) is 24.0 Å². The van der Waals surface area contributed by atoms with Crippen molar-refractivity contribution in [1.29, 1.82) is 0 Å². The van der Waals surface area contributed by atoms with Gasteiger partial charge in [0.05, 0.1) is 17.6 Å². The summed E-state index contributed by atoms with van der Waals surface area (Å²) < 4.78 is 2.08. The second-order valence-corrected chi connectivity index (χ2v) is 5.99. The Hall–Kier alpha value is -3.07. The Labute approximate surface area is 141 Å². The largest absolute Gasteiger partial charge is 0.369 e. The molecule has 118 valence electrons. The van der Waals surface area contributed by atoms with E-state index in [1.54, 1.807) is 0 Å². The van der Waals surface area contributed by atoms with Crippen LogP contribution in [0, 0.1) is 0 Å². The normalized spacial score (nSPS) is 11.0. The van der Waals surface area contributed by atoms with Crippen molar-refractivity contribution in [3.8, 4) is 0 Å². The Morgan fingerprint density at radius 1 is 0.750 bits per heavy atom. The van der Waals surface area contributed by atoms with Crippen molar-refractivity contribution >= 4 is 17.0 Å². The number of benzene rings is 3. The van der Waals surface area contributed by atoms with E-state index < -0.39 is 0 Å². The van der Waals surface area contributed by atoms with Gasteiger partial charge in [0.1, 0.15) is 0 Å². The lowest BCUT2D eigenvalue weighted by Crippen LogP contribution is -2.04. The molecule has 0 bridgehead atoms. The maximum atomic E-state index is 6.22. The van der Waals surface area contributed by atoms with Gasteiger partial charge in [-0.3, -0.25) is 0 Å². The second kappa shape index (κ2) is 6.20. The Morgan fingerprint density at radius 3 is 2.12 bits per heavy atom. The molecule has 1 heterocycles. The summed E-state index contributed by atoms with van der Waals surface area (Å²) in [5.74, 6) is 0.564. The standard InChI is InChI=1S/C21H19N3/c22-21-23-20-18(14-16-8-3-1-4-9-16)12-7-13-19(20)24(21)15-17-10-5-2-6-11-17/h1-13H,14-15H2,(H2,22,23). The molecule has 0 unspecified atom stereocenters. The van der Waals surface area contributed by atoms with Gasteiger partial charge in [-0.05, 0) is 29.2 Å². The third-order valence-corrected chi connectivity index (χ3v) is 4.31. The van der Waals surface area contributed by atoms with Gasteiger partial charge in [0.25, 0.3) is 0 Å². The number of nitrogens with two attached hydrogens (primary N) is 1. The fraction of sp³-hybridized carbons (Fsp3) is 0.0952. The minimum atomic E-state index is 0.564. The first-order chi connectivity index (χ1) is 11.8. The topological polar surface area (TPSA) is 43.8 Å². The number of nitrogen functional groups attached to an aromatic ring is 1. The first-order valence-corrected chi connectivity index (χ1v) is 8.13. The van der Waals surface area contributed by atoms with Crippen LogP contribution in [0.4, 0.5) is 5.95 Å². The Bertz CT molecular complexity index is 956. The van der Waals surface area contributed by atoms with Gasteiger partial charge in [-0.1, -0.05) is 72.8 Å². The minimum absolute atomic E-state index is 0.564. The van der Waals surface area contributed by atoms with E-state index in [-0.39, 0.29) is 0 Å². The van der Waals surface area contributed by atoms with Crippen LogP contribution in [0.1, 0.15) is 16.7 Å². The van der Waals surface area contributed by atoms with Crippen molar-refractivity contribution < 1.29 is 0 Å². The van der Waals surface area contributed by atoms with Crippen LogP contribution in [0.3, 0.4) is 0 Å². The second-order valence-electron chi connectivity index (χ2n) is 5.99. The molecule has 0 saturated heterocycles. The molecule has 0 aliphatic heterocycles. The highest BCUT2D eigenvalue weighted by Gasteiger charge is 2.12. The molecule has 0 spiro atoms. The Morgan fingerprint density at radius 2 is 1.42 bits per heavy atom. The summed E-state index contributed by atoms with van der Waals surface area (Å²) in [5, 5.41) is 0. The molecule has 24 heavy (non-hydrogen) atoms. The number of nitrogens with zero attached hydrogens (tertiary/aromatic N) is 2. The lowest BCUT2D eigenvalue weighted by molar-refractivity contribution is 0.838. The van der Waals surface area contributed by atoms with Gasteiger partial charge in [-0.15, -0.1) is 0 Å². The monoisotopic (exact) mass is 313 g/mol. The highest BCUT2D eigenvalue weighted by molar-refractivity contribution is 5.82. The molecule has 4 aromatic rings. The summed E-state index contributed by atoms with van der Waals surface area (Å²) in [4.78, 5) is 4.65. The quantitative estimate of drug-likeness (QED) is 0.612. The van der Waals surface area contributed by atoms with Crippen LogP contribution in [0.2, 0.25) is 0 Å². The van der Waals surface area contributed by atoms with E-state index in [9.17, 15) is 0 Å². The average molecular weight is 313 g/mol. The third-order valence-electron chi connectivity index (χ3n) is 4.31. The highest BCUT2D eigenvalue weighted by Crippen LogP contribution is 2.24. The molecule has 2 N–H and O–H groups in total. The maximum absolute atomic E-state index is 6.22. The molecule has 3 heteroatoms. The molecule has 0 fully saturated rings. The van der Waals surface area contributed by atoms with E-state index in [1.807, 2.05) is 24.3 Å². The number of rotatable bonds is 4. The highest BCUT2D eigenvalue weighted by atomic mass is 15.1. The van der Waals surface area contributed by atoms with Gasteiger partial charge in [-0.25, -0.2) is 4.98 Å². The fourth-order valence-electron chi connectivity index (χ4n) is 3.11. The predicted octanol–water partition coefficient (Wildman–Crippen LogP) is 4.26. The van der Waals surface area contributed by atoms with E-state index in [1.165, 1.54) is 16.7 Å². The van der Waals surface area contributed by atoms with Crippen LogP contribution in [0.25, 0.3) is 11.0 Å². The molecular weight excluding hydrogens is 294 g/mol. The zero-order valence-electron chi connectivity index (χ0n) is 13.4. The number of anilines is 1. The summed E-state index contributed by atoms with van der Waals surface area (Å²) in [6.45, 7) is 0.734. The van der Waals surface area contributed by atoms with Crippen LogP contribution in [-0.2, 0) is 13.0 Å². The molecule has 1 aromatic heterocycles. The van der Waals surface area contributed by atoms with Gasteiger partial charge >= 0.3 is 0 Å². The Kier molecular flexibility index (Phi) is 3.75. The van der Waals surface area contributed by atoms with Crippen LogP contribution < -0.4 is 5.73 Å². The van der Waals surface area contributed by atoms with Gasteiger partial charge in [0, 0.05) is 0 Å². The van der Waals surface area contributed by atoms with Crippen LogP contribution in [-0.4, -0.2) is 9.55 Å². The number of fused-ring (bicyclic) bond motifs is 1. The number of para-hydroxylation sites is 1. The summed E-state index contributed by atoms with van der Waals surface area (Å²) in [5.41, 5.74) is 12.0. The van der Waals surface area contributed by atoms with E-state index in [0.29, 0.717) is 5.95 Å². The first-order valence-electron chi connectivity index (χ1n) is 8.13. The van der Waals surface area contributed by atoms with Crippen molar-refractivity contribution in [1.82, 2.24) is 9.55 Å². The zero-order chi connectivity index (χ0) is 16.4. The molecule has 3 nitrogen and oxygen atoms in total. The van der Waals surface area contributed by atoms with Crippen LogP contribution in [0.15, 0.2) is 78.9 Å².